The number of aromatic nitrogens is 1. The zero-order chi connectivity index (χ0) is 20.9. The van der Waals surface area contributed by atoms with E-state index in [2.05, 4.69) is 34.6 Å². The predicted molar refractivity (Wildman–Crippen MR) is 120 cm³/mol. The van der Waals surface area contributed by atoms with Crippen molar-refractivity contribution in [2.75, 3.05) is 19.5 Å². The predicted octanol–water partition coefficient (Wildman–Crippen LogP) is 5.75. The molecule has 0 aliphatic rings. The van der Waals surface area contributed by atoms with E-state index >= 15 is 0 Å². The fraction of sp³-hybridized carbons (Fsp3) is 0.0833. The maximum Gasteiger partial charge on any atom is 0.261 e. The summed E-state index contributed by atoms with van der Waals surface area (Å²) >= 11 is 1.38. The summed E-state index contributed by atoms with van der Waals surface area (Å²) < 4.78 is 10.5. The van der Waals surface area contributed by atoms with Crippen LogP contribution in [0.4, 0.5) is 5.13 Å². The maximum absolute atomic E-state index is 12.7. The first-order valence-electron chi connectivity index (χ1n) is 9.32. The van der Waals surface area contributed by atoms with E-state index < -0.39 is 0 Å². The van der Waals surface area contributed by atoms with Crippen LogP contribution in [0.2, 0.25) is 0 Å². The van der Waals surface area contributed by atoms with Gasteiger partial charge in [0.1, 0.15) is 11.5 Å². The van der Waals surface area contributed by atoms with Crippen molar-refractivity contribution >= 4 is 22.4 Å². The average Bonchev–Trinajstić information content (AvgIpc) is 3.27. The van der Waals surface area contributed by atoms with Crippen LogP contribution in [-0.4, -0.2) is 25.1 Å². The van der Waals surface area contributed by atoms with Crippen LogP contribution in [0.25, 0.3) is 22.4 Å². The highest BCUT2D eigenvalue weighted by Gasteiger charge is 2.15. The fourth-order valence-corrected chi connectivity index (χ4v) is 3.79. The smallest absolute Gasteiger partial charge is 0.261 e. The summed E-state index contributed by atoms with van der Waals surface area (Å²) in [4.78, 5) is 17.2. The van der Waals surface area contributed by atoms with Crippen molar-refractivity contribution in [2.45, 2.75) is 0 Å². The van der Waals surface area contributed by atoms with Crippen LogP contribution >= 0.6 is 11.3 Å². The Labute approximate surface area is 178 Å². The summed E-state index contributed by atoms with van der Waals surface area (Å²) in [5.41, 5.74) is 4.55. The normalized spacial score (nSPS) is 10.5. The number of carbonyl (C=O) groups is 1. The first-order valence-corrected chi connectivity index (χ1v) is 10.2. The first-order chi connectivity index (χ1) is 14.7. The number of anilines is 1. The number of benzene rings is 3. The van der Waals surface area contributed by atoms with E-state index in [9.17, 15) is 4.79 Å². The molecular formula is C24H20N2O3S. The molecule has 3 aromatic carbocycles. The van der Waals surface area contributed by atoms with Gasteiger partial charge in [0, 0.05) is 17.0 Å². The lowest BCUT2D eigenvalue weighted by Gasteiger charge is -2.09. The highest BCUT2D eigenvalue weighted by Crippen LogP contribution is 2.29. The zero-order valence-electron chi connectivity index (χ0n) is 16.6. The first kappa shape index (κ1) is 19.7. The molecular weight excluding hydrogens is 396 g/mol. The third kappa shape index (κ3) is 4.18. The quantitative estimate of drug-likeness (QED) is 0.435. The summed E-state index contributed by atoms with van der Waals surface area (Å²) in [5.74, 6) is 0.786. The molecule has 1 aromatic heterocycles. The Morgan fingerprint density at radius 3 is 2.27 bits per heavy atom. The van der Waals surface area contributed by atoms with Crippen molar-refractivity contribution in [3.8, 4) is 33.9 Å². The second-order valence-electron chi connectivity index (χ2n) is 6.50. The second-order valence-corrected chi connectivity index (χ2v) is 7.36. The molecule has 4 aromatic rings. The summed E-state index contributed by atoms with van der Waals surface area (Å²) in [6, 6.07) is 23.5. The standard InChI is InChI=1S/C24H20N2O3S/c1-28-19-12-13-20(22(14-19)29-2)23(27)26-24-25-21(15-30-24)18-10-8-17(9-11-18)16-6-4-3-5-7-16/h3-15H,1-2H3,(H,25,26,27). The Morgan fingerprint density at radius 2 is 1.57 bits per heavy atom. The molecule has 5 nitrogen and oxygen atoms in total. The van der Waals surface area contributed by atoms with Gasteiger partial charge in [-0.1, -0.05) is 54.6 Å². The minimum absolute atomic E-state index is 0.283. The van der Waals surface area contributed by atoms with Gasteiger partial charge in [0.15, 0.2) is 5.13 Å². The molecule has 150 valence electrons. The number of amides is 1. The van der Waals surface area contributed by atoms with E-state index in [-0.39, 0.29) is 5.91 Å². The molecule has 1 N–H and O–H groups in total. The lowest BCUT2D eigenvalue weighted by atomic mass is 10.0. The minimum atomic E-state index is -0.283. The number of ether oxygens (including phenoxy) is 2. The monoisotopic (exact) mass is 416 g/mol. The van der Waals surface area contributed by atoms with Gasteiger partial charge in [0.2, 0.25) is 0 Å². The molecule has 0 aliphatic carbocycles. The Hall–Kier alpha value is -3.64. The Morgan fingerprint density at radius 1 is 0.867 bits per heavy atom. The van der Waals surface area contributed by atoms with Gasteiger partial charge >= 0.3 is 0 Å². The number of carbonyl (C=O) groups excluding carboxylic acids is 1. The fourth-order valence-electron chi connectivity index (χ4n) is 3.08. The number of thiazole rings is 1. The van der Waals surface area contributed by atoms with Crippen LogP contribution in [0.1, 0.15) is 10.4 Å². The Bertz CT molecular complexity index is 1150. The van der Waals surface area contributed by atoms with Crippen LogP contribution in [0.3, 0.4) is 0 Å². The lowest BCUT2D eigenvalue weighted by Crippen LogP contribution is -2.13. The third-order valence-corrected chi connectivity index (χ3v) is 5.42. The van der Waals surface area contributed by atoms with Crippen molar-refractivity contribution in [3.63, 3.8) is 0 Å². The maximum atomic E-state index is 12.7. The molecule has 6 heteroatoms. The number of hydrogen-bond donors (Lipinski definition) is 1. The second kappa shape index (κ2) is 8.80. The zero-order valence-corrected chi connectivity index (χ0v) is 17.4. The molecule has 1 heterocycles. The van der Waals surface area contributed by atoms with E-state index in [1.165, 1.54) is 24.0 Å². The van der Waals surface area contributed by atoms with Gasteiger partial charge < -0.3 is 9.47 Å². The average molecular weight is 417 g/mol. The number of rotatable bonds is 6. The van der Waals surface area contributed by atoms with E-state index in [1.54, 1.807) is 25.3 Å². The number of methoxy groups -OCH3 is 2. The van der Waals surface area contributed by atoms with Crippen molar-refractivity contribution in [2.24, 2.45) is 0 Å². The van der Waals surface area contributed by atoms with Gasteiger partial charge in [-0.15, -0.1) is 11.3 Å². The van der Waals surface area contributed by atoms with E-state index in [0.717, 1.165) is 16.8 Å². The minimum Gasteiger partial charge on any atom is -0.497 e. The van der Waals surface area contributed by atoms with Gasteiger partial charge in [-0.2, -0.15) is 0 Å². The molecule has 0 bridgehead atoms. The molecule has 1 amide bonds. The molecule has 0 aliphatic heterocycles. The third-order valence-electron chi connectivity index (χ3n) is 4.67. The molecule has 0 saturated heterocycles. The van der Waals surface area contributed by atoms with Crippen LogP contribution in [0, 0.1) is 0 Å². The molecule has 0 spiro atoms. The van der Waals surface area contributed by atoms with Crippen molar-refractivity contribution in [1.82, 2.24) is 4.98 Å². The SMILES string of the molecule is COc1ccc(C(=O)Nc2nc(-c3ccc(-c4ccccc4)cc3)cs2)c(OC)c1. The number of nitrogens with zero attached hydrogens (tertiary/aromatic N) is 1. The molecule has 0 radical (unpaired) electrons. The van der Waals surface area contributed by atoms with E-state index in [0.29, 0.717) is 22.2 Å². The van der Waals surface area contributed by atoms with Crippen LogP contribution < -0.4 is 14.8 Å². The van der Waals surface area contributed by atoms with Crippen molar-refractivity contribution < 1.29 is 14.3 Å². The molecule has 0 atom stereocenters. The molecule has 0 fully saturated rings. The summed E-state index contributed by atoms with van der Waals surface area (Å²) in [6.07, 6.45) is 0. The van der Waals surface area contributed by atoms with Gasteiger partial charge in [-0.05, 0) is 23.3 Å². The molecule has 0 saturated carbocycles. The lowest BCUT2D eigenvalue weighted by molar-refractivity contribution is 0.102. The largest absolute Gasteiger partial charge is 0.497 e. The van der Waals surface area contributed by atoms with Gasteiger partial charge in [-0.3, -0.25) is 10.1 Å². The number of hydrogen-bond acceptors (Lipinski definition) is 5. The summed E-state index contributed by atoms with van der Waals surface area (Å²) in [7, 11) is 3.09. The topological polar surface area (TPSA) is 60.5 Å². The van der Waals surface area contributed by atoms with Crippen molar-refractivity contribution in [3.05, 3.63) is 83.7 Å². The van der Waals surface area contributed by atoms with Crippen LogP contribution in [0.15, 0.2) is 78.2 Å². The van der Waals surface area contributed by atoms with E-state index in [1.807, 2.05) is 35.7 Å². The van der Waals surface area contributed by atoms with Crippen LogP contribution in [0.5, 0.6) is 11.5 Å². The van der Waals surface area contributed by atoms with Gasteiger partial charge in [0.25, 0.3) is 5.91 Å². The highest BCUT2D eigenvalue weighted by atomic mass is 32.1. The van der Waals surface area contributed by atoms with Gasteiger partial charge in [0.05, 0.1) is 25.5 Å². The van der Waals surface area contributed by atoms with Crippen LogP contribution in [-0.2, 0) is 0 Å². The molecule has 30 heavy (non-hydrogen) atoms. The van der Waals surface area contributed by atoms with Gasteiger partial charge in [-0.25, -0.2) is 4.98 Å². The summed E-state index contributed by atoms with van der Waals surface area (Å²) in [5, 5.41) is 5.30. The summed E-state index contributed by atoms with van der Waals surface area (Å²) in [6.45, 7) is 0. The molecule has 0 unspecified atom stereocenters. The highest BCUT2D eigenvalue weighted by molar-refractivity contribution is 7.14. The Kier molecular flexibility index (Phi) is 5.77. The number of nitrogens with one attached hydrogen (secondary N) is 1. The molecule has 4 rings (SSSR count). The van der Waals surface area contributed by atoms with E-state index in [4.69, 9.17) is 9.47 Å². The van der Waals surface area contributed by atoms with Crippen molar-refractivity contribution in [1.29, 1.82) is 0 Å². The Balaban J connectivity index is 1.50.